The Bertz CT molecular complexity index is 364. The molecule has 3 nitrogen and oxygen atoms in total. The van der Waals surface area contributed by atoms with Crippen molar-refractivity contribution in [2.75, 3.05) is 26.2 Å². The Morgan fingerprint density at radius 1 is 1.33 bits per heavy atom. The molecular formula is C15H23NO2. The lowest BCUT2D eigenvalue weighted by molar-refractivity contribution is -0.0878. The number of nitrogens with zero attached hydrogens (tertiary/aromatic N) is 1. The molecule has 1 aliphatic heterocycles. The Morgan fingerprint density at radius 2 is 2.06 bits per heavy atom. The Kier molecular flexibility index (Phi) is 4.38. The van der Waals surface area contributed by atoms with Gasteiger partial charge in [0.15, 0.2) is 0 Å². The van der Waals surface area contributed by atoms with Gasteiger partial charge in [-0.25, -0.2) is 0 Å². The van der Waals surface area contributed by atoms with Gasteiger partial charge in [0.25, 0.3) is 0 Å². The van der Waals surface area contributed by atoms with Crippen LogP contribution in [-0.4, -0.2) is 41.8 Å². The Labute approximate surface area is 109 Å². The molecule has 1 atom stereocenters. The molecule has 1 fully saturated rings. The molecule has 0 aromatic heterocycles. The number of hydrogen-bond acceptors (Lipinski definition) is 3. The first-order valence-electron chi connectivity index (χ1n) is 6.66. The minimum Gasteiger partial charge on any atom is -0.388 e. The van der Waals surface area contributed by atoms with Crippen LogP contribution < -0.4 is 0 Å². The van der Waals surface area contributed by atoms with Crippen molar-refractivity contribution in [3.05, 3.63) is 35.9 Å². The minimum absolute atomic E-state index is 0.0596. The van der Waals surface area contributed by atoms with E-state index in [0.29, 0.717) is 0 Å². The first-order chi connectivity index (χ1) is 8.57. The van der Waals surface area contributed by atoms with E-state index in [1.807, 2.05) is 30.3 Å². The average molecular weight is 249 g/mol. The number of rotatable bonds is 4. The van der Waals surface area contributed by atoms with Gasteiger partial charge in [-0.3, -0.25) is 4.90 Å². The molecule has 0 aliphatic carbocycles. The van der Waals surface area contributed by atoms with Gasteiger partial charge >= 0.3 is 0 Å². The quantitative estimate of drug-likeness (QED) is 0.888. The summed E-state index contributed by atoms with van der Waals surface area (Å²) < 4.78 is 5.68. The number of hydrogen-bond donors (Lipinski definition) is 1. The van der Waals surface area contributed by atoms with Crippen LogP contribution in [0.5, 0.6) is 0 Å². The molecule has 0 amide bonds. The maximum absolute atomic E-state index is 10.1. The summed E-state index contributed by atoms with van der Waals surface area (Å²) in [4.78, 5) is 2.37. The van der Waals surface area contributed by atoms with E-state index in [2.05, 4.69) is 18.7 Å². The number of ether oxygens (including phenoxy) is 1. The zero-order chi connectivity index (χ0) is 13.0. The van der Waals surface area contributed by atoms with E-state index < -0.39 is 0 Å². The van der Waals surface area contributed by atoms with E-state index in [4.69, 9.17) is 4.74 Å². The van der Waals surface area contributed by atoms with Crippen LogP contribution in [0.4, 0.5) is 0 Å². The number of aliphatic hydroxyl groups excluding tert-OH is 1. The molecule has 1 saturated heterocycles. The molecule has 0 spiro atoms. The highest BCUT2D eigenvalue weighted by molar-refractivity contribution is 5.17. The van der Waals surface area contributed by atoms with E-state index in [1.54, 1.807) is 0 Å². The first-order valence-corrected chi connectivity index (χ1v) is 6.66. The van der Waals surface area contributed by atoms with Crippen molar-refractivity contribution in [1.29, 1.82) is 0 Å². The molecule has 3 heteroatoms. The van der Waals surface area contributed by atoms with Gasteiger partial charge in [-0.2, -0.15) is 0 Å². The standard InChI is InChI=1S/C15H23NO2/c1-15(2)12-16(10-11-18-15)9-8-14(17)13-6-4-3-5-7-13/h3-7,14,17H,8-12H2,1-2H3/t14-/m1/s1. The van der Waals surface area contributed by atoms with E-state index in [1.165, 1.54) is 0 Å². The summed E-state index contributed by atoms with van der Waals surface area (Å²) in [6.07, 6.45) is 0.414. The van der Waals surface area contributed by atoms with Crippen LogP contribution in [0.2, 0.25) is 0 Å². The summed E-state index contributed by atoms with van der Waals surface area (Å²) in [7, 11) is 0. The fraction of sp³-hybridized carbons (Fsp3) is 0.600. The van der Waals surface area contributed by atoms with Gasteiger partial charge in [0.05, 0.1) is 18.3 Å². The van der Waals surface area contributed by atoms with Crippen molar-refractivity contribution in [3.8, 4) is 0 Å². The normalized spacial score (nSPS) is 21.7. The predicted molar refractivity (Wildman–Crippen MR) is 72.5 cm³/mol. The fourth-order valence-electron chi connectivity index (χ4n) is 2.45. The van der Waals surface area contributed by atoms with Crippen LogP contribution in [0.15, 0.2) is 30.3 Å². The van der Waals surface area contributed by atoms with Crippen molar-refractivity contribution in [1.82, 2.24) is 4.90 Å². The van der Waals surface area contributed by atoms with E-state index in [0.717, 1.165) is 38.2 Å². The van der Waals surface area contributed by atoms with E-state index in [-0.39, 0.29) is 11.7 Å². The highest BCUT2D eigenvalue weighted by Gasteiger charge is 2.27. The minimum atomic E-state index is -0.364. The molecule has 1 heterocycles. The molecule has 0 saturated carbocycles. The van der Waals surface area contributed by atoms with Gasteiger partial charge in [0, 0.05) is 19.6 Å². The van der Waals surface area contributed by atoms with Crippen molar-refractivity contribution >= 4 is 0 Å². The van der Waals surface area contributed by atoms with Crippen LogP contribution >= 0.6 is 0 Å². The van der Waals surface area contributed by atoms with Crippen LogP contribution in [0.1, 0.15) is 31.9 Å². The van der Waals surface area contributed by atoms with Crippen LogP contribution in [0, 0.1) is 0 Å². The SMILES string of the molecule is CC1(C)CN(CC[C@@H](O)c2ccccc2)CCO1. The Hall–Kier alpha value is -0.900. The molecule has 100 valence electrons. The largest absolute Gasteiger partial charge is 0.388 e. The third-order valence-corrected chi connectivity index (χ3v) is 3.41. The van der Waals surface area contributed by atoms with Gasteiger partial charge < -0.3 is 9.84 Å². The summed E-state index contributed by atoms with van der Waals surface area (Å²) >= 11 is 0. The molecule has 0 unspecified atom stereocenters. The van der Waals surface area contributed by atoms with E-state index in [9.17, 15) is 5.11 Å². The molecule has 2 rings (SSSR count). The van der Waals surface area contributed by atoms with Crippen molar-refractivity contribution in [2.24, 2.45) is 0 Å². The smallest absolute Gasteiger partial charge is 0.0802 e. The zero-order valence-corrected chi connectivity index (χ0v) is 11.3. The van der Waals surface area contributed by atoms with Gasteiger partial charge in [0.2, 0.25) is 0 Å². The molecule has 0 radical (unpaired) electrons. The molecule has 1 N–H and O–H groups in total. The van der Waals surface area contributed by atoms with Gasteiger partial charge in [-0.05, 0) is 25.8 Å². The molecule has 1 aliphatic rings. The lowest BCUT2D eigenvalue weighted by Gasteiger charge is -2.38. The summed E-state index contributed by atoms with van der Waals surface area (Å²) in [6, 6.07) is 9.87. The van der Waals surface area contributed by atoms with Crippen molar-refractivity contribution in [3.63, 3.8) is 0 Å². The number of benzene rings is 1. The second-order valence-corrected chi connectivity index (χ2v) is 5.60. The third-order valence-electron chi connectivity index (χ3n) is 3.41. The average Bonchev–Trinajstić information content (AvgIpc) is 2.36. The Balaban J connectivity index is 1.81. The Morgan fingerprint density at radius 3 is 2.72 bits per heavy atom. The fourth-order valence-corrected chi connectivity index (χ4v) is 2.45. The third kappa shape index (κ3) is 3.80. The molecular weight excluding hydrogens is 226 g/mol. The monoisotopic (exact) mass is 249 g/mol. The number of morpholine rings is 1. The topological polar surface area (TPSA) is 32.7 Å². The predicted octanol–water partition coefficient (Wildman–Crippen LogP) is 2.22. The van der Waals surface area contributed by atoms with E-state index >= 15 is 0 Å². The maximum atomic E-state index is 10.1. The first kappa shape index (κ1) is 13.5. The van der Waals surface area contributed by atoms with Crippen LogP contribution in [0.3, 0.4) is 0 Å². The highest BCUT2D eigenvalue weighted by Crippen LogP contribution is 2.20. The lowest BCUT2D eigenvalue weighted by Crippen LogP contribution is -2.48. The second-order valence-electron chi connectivity index (χ2n) is 5.60. The molecule has 0 bridgehead atoms. The van der Waals surface area contributed by atoms with Crippen LogP contribution in [-0.2, 0) is 4.74 Å². The summed E-state index contributed by atoms with van der Waals surface area (Å²) in [5.74, 6) is 0. The second kappa shape index (κ2) is 5.83. The molecule has 1 aromatic carbocycles. The number of aliphatic hydroxyl groups is 1. The zero-order valence-electron chi connectivity index (χ0n) is 11.3. The van der Waals surface area contributed by atoms with Crippen molar-refractivity contribution < 1.29 is 9.84 Å². The summed E-state index contributed by atoms with van der Waals surface area (Å²) in [6.45, 7) is 7.84. The summed E-state index contributed by atoms with van der Waals surface area (Å²) in [5, 5.41) is 10.1. The molecule has 18 heavy (non-hydrogen) atoms. The summed E-state index contributed by atoms with van der Waals surface area (Å²) in [5.41, 5.74) is 0.945. The van der Waals surface area contributed by atoms with Gasteiger partial charge in [0.1, 0.15) is 0 Å². The lowest BCUT2D eigenvalue weighted by atomic mass is 10.0. The molecule has 1 aromatic rings. The van der Waals surface area contributed by atoms with Gasteiger partial charge in [-0.1, -0.05) is 30.3 Å². The van der Waals surface area contributed by atoms with Crippen molar-refractivity contribution in [2.45, 2.75) is 32.0 Å². The van der Waals surface area contributed by atoms with Gasteiger partial charge in [-0.15, -0.1) is 0 Å². The maximum Gasteiger partial charge on any atom is 0.0802 e. The highest BCUT2D eigenvalue weighted by atomic mass is 16.5. The van der Waals surface area contributed by atoms with Crippen LogP contribution in [0.25, 0.3) is 0 Å².